The van der Waals surface area contributed by atoms with E-state index in [4.69, 9.17) is 26.4 Å². The van der Waals surface area contributed by atoms with Crippen molar-refractivity contribution >= 4 is 35.2 Å². The molecule has 0 aromatic heterocycles. The van der Waals surface area contributed by atoms with Gasteiger partial charge in [-0.15, -0.1) is 0 Å². The molecule has 0 saturated heterocycles. The second-order valence-electron chi connectivity index (χ2n) is 6.95. The summed E-state index contributed by atoms with van der Waals surface area (Å²) in [5.74, 6) is 1.23. The second kappa shape index (κ2) is 12.3. The number of rotatable bonds is 8. The third-order valence-electron chi connectivity index (χ3n) is 4.30. The van der Waals surface area contributed by atoms with Gasteiger partial charge >= 0.3 is 0 Å². The molecule has 0 aliphatic rings. The van der Waals surface area contributed by atoms with Crippen LogP contribution in [-0.2, 0) is 9.59 Å². The van der Waals surface area contributed by atoms with Crippen molar-refractivity contribution in [1.29, 1.82) is 0 Å². The van der Waals surface area contributed by atoms with Crippen LogP contribution in [0.15, 0.2) is 48.5 Å². The summed E-state index contributed by atoms with van der Waals surface area (Å²) in [6, 6.07) is 12.8. The van der Waals surface area contributed by atoms with Crippen LogP contribution in [0.4, 0.5) is 0 Å². The molecule has 9 heteroatoms. The first-order valence-electron chi connectivity index (χ1n) is 9.85. The van der Waals surface area contributed by atoms with Crippen LogP contribution >= 0.6 is 12.2 Å². The van der Waals surface area contributed by atoms with Gasteiger partial charge < -0.3 is 14.2 Å². The number of carbonyl (C=O) groups is 2. The van der Waals surface area contributed by atoms with E-state index in [9.17, 15) is 9.59 Å². The molecule has 0 aliphatic carbocycles. The highest BCUT2D eigenvalue weighted by Crippen LogP contribution is 2.27. The highest BCUT2D eigenvalue weighted by Gasteiger charge is 2.07. The van der Waals surface area contributed by atoms with Gasteiger partial charge in [-0.2, -0.15) is 0 Å². The zero-order valence-electron chi connectivity index (χ0n) is 18.4. The maximum absolute atomic E-state index is 12.0. The minimum atomic E-state index is -0.465. The molecule has 0 fully saturated rings. The minimum absolute atomic E-state index is 0.0541. The molecule has 0 heterocycles. The van der Waals surface area contributed by atoms with Gasteiger partial charge in [0, 0.05) is 6.08 Å². The molecular formula is C23H27N3O5S. The number of thiocarbonyl (C=S) groups is 1. The van der Waals surface area contributed by atoms with Crippen LogP contribution in [0.25, 0.3) is 6.08 Å². The number of methoxy groups -OCH3 is 2. The SMILES string of the molecule is COc1ccc(C=CC(=O)NC(=S)NNC(=O)COc2ccc(C(C)C)cc2)cc1OC. The number of hydrogen-bond acceptors (Lipinski definition) is 6. The Kier molecular flexibility index (Phi) is 9.49. The Bertz CT molecular complexity index is 974. The monoisotopic (exact) mass is 457 g/mol. The number of hydrazine groups is 1. The summed E-state index contributed by atoms with van der Waals surface area (Å²) in [4.78, 5) is 23.9. The maximum atomic E-state index is 12.0. The molecule has 2 aromatic rings. The number of carbonyl (C=O) groups excluding carboxylic acids is 2. The Balaban J connectivity index is 1.74. The summed E-state index contributed by atoms with van der Waals surface area (Å²) in [6.45, 7) is 4.00. The van der Waals surface area contributed by atoms with Gasteiger partial charge in [-0.3, -0.25) is 25.8 Å². The van der Waals surface area contributed by atoms with E-state index in [1.807, 2.05) is 24.3 Å². The van der Waals surface area contributed by atoms with E-state index in [-0.39, 0.29) is 11.7 Å². The highest BCUT2D eigenvalue weighted by atomic mass is 32.1. The molecule has 32 heavy (non-hydrogen) atoms. The summed E-state index contributed by atoms with van der Waals surface area (Å²) < 4.78 is 15.8. The van der Waals surface area contributed by atoms with Gasteiger partial charge in [-0.25, -0.2) is 0 Å². The molecule has 0 radical (unpaired) electrons. The van der Waals surface area contributed by atoms with Crippen LogP contribution in [-0.4, -0.2) is 37.8 Å². The van der Waals surface area contributed by atoms with Gasteiger partial charge in [0.2, 0.25) is 5.91 Å². The van der Waals surface area contributed by atoms with E-state index in [0.29, 0.717) is 23.2 Å². The number of nitrogens with one attached hydrogen (secondary N) is 3. The van der Waals surface area contributed by atoms with Gasteiger partial charge in [-0.1, -0.05) is 32.0 Å². The van der Waals surface area contributed by atoms with Crippen LogP contribution in [0, 0.1) is 0 Å². The summed E-state index contributed by atoms with van der Waals surface area (Å²) >= 11 is 5.00. The molecule has 0 unspecified atom stereocenters. The summed E-state index contributed by atoms with van der Waals surface area (Å²) in [7, 11) is 3.08. The Hall–Kier alpha value is -3.59. The quantitative estimate of drug-likeness (QED) is 0.319. The fraction of sp³-hybridized carbons (Fsp3) is 0.261. The zero-order valence-corrected chi connectivity index (χ0v) is 19.2. The molecule has 2 amide bonds. The van der Waals surface area contributed by atoms with Crippen LogP contribution in [0.1, 0.15) is 30.9 Å². The molecule has 2 rings (SSSR count). The number of ether oxygens (including phenoxy) is 3. The van der Waals surface area contributed by atoms with Crippen LogP contribution in [0.2, 0.25) is 0 Å². The standard InChI is InChI=1S/C23H27N3O5S/c1-15(2)17-7-9-18(10-8-17)31-14-22(28)25-26-23(32)24-21(27)12-6-16-5-11-19(29-3)20(13-16)30-4/h5-13,15H,14H2,1-4H3,(H,25,28)(H2,24,26,27,32). The molecular weight excluding hydrogens is 430 g/mol. The van der Waals surface area contributed by atoms with Crippen LogP contribution < -0.4 is 30.4 Å². The zero-order chi connectivity index (χ0) is 23.5. The van der Waals surface area contributed by atoms with Gasteiger partial charge in [0.15, 0.2) is 23.2 Å². The van der Waals surface area contributed by atoms with E-state index in [0.717, 1.165) is 5.56 Å². The van der Waals surface area contributed by atoms with Crippen molar-refractivity contribution < 1.29 is 23.8 Å². The summed E-state index contributed by atoms with van der Waals surface area (Å²) in [6.07, 6.45) is 2.90. The first kappa shape index (κ1) is 24.7. The van der Waals surface area contributed by atoms with E-state index in [1.165, 1.54) is 18.7 Å². The van der Waals surface area contributed by atoms with Crippen molar-refractivity contribution in [3.05, 3.63) is 59.7 Å². The number of hydrogen-bond donors (Lipinski definition) is 3. The molecule has 3 N–H and O–H groups in total. The fourth-order valence-corrected chi connectivity index (χ4v) is 2.73. The average molecular weight is 458 g/mol. The first-order valence-corrected chi connectivity index (χ1v) is 10.3. The number of amides is 2. The number of benzene rings is 2. The Labute approximate surface area is 192 Å². The lowest BCUT2D eigenvalue weighted by Gasteiger charge is -2.11. The summed E-state index contributed by atoms with van der Waals surface area (Å²) in [5, 5.41) is 2.38. The first-order chi connectivity index (χ1) is 15.3. The molecule has 0 bridgehead atoms. The van der Waals surface area contributed by atoms with Gasteiger partial charge in [0.05, 0.1) is 14.2 Å². The predicted molar refractivity (Wildman–Crippen MR) is 127 cm³/mol. The van der Waals surface area contributed by atoms with Crippen molar-refractivity contribution in [1.82, 2.24) is 16.2 Å². The topological polar surface area (TPSA) is 97.9 Å². The minimum Gasteiger partial charge on any atom is -0.493 e. The fourth-order valence-electron chi connectivity index (χ4n) is 2.57. The van der Waals surface area contributed by atoms with Crippen LogP contribution in [0.5, 0.6) is 17.2 Å². The van der Waals surface area contributed by atoms with E-state index in [1.54, 1.807) is 31.4 Å². The van der Waals surface area contributed by atoms with Crippen LogP contribution in [0.3, 0.4) is 0 Å². The largest absolute Gasteiger partial charge is 0.493 e. The van der Waals surface area contributed by atoms with E-state index in [2.05, 4.69) is 30.0 Å². The molecule has 8 nitrogen and oxygen atoms in total. The van der Waals surface area contributed by atoms with Crippen molar-refractivity contribution in [2.75, 3.05) is 20.8 Å². The molecule has 2 aromatic carbocycles. The maximum Gasteiger partial charge on any atom is 0.276 e. The Morgan fingerprint density at radius 3 is 2.31 bits per heavy atom. The predicted octanol–water partition coefficient (Wildman–Crippen LogP) is 2.94. The van der Waals surface area contributed by atoms with Crippen molar-refractivity contribution in [3.8, 4) is 17.2 Å². The Morgan fingerprint density at radius 2 is 1.69 bits per heavy atom. The lowest BCUT2D eigenvalue weighted by Crippen LogP contribution is -2.49. The summed E-state index contributed by atoms with van der Waals surface area (Å²) in [5.41, 5.74) is 6.74. The smallest absolute Gasteiger partial charge is 0.276 e. The van der Waals surface area contributed by atoms with E-state index < -0.39 is 11.8 Å². The van der Waals surface area contributed by atoms with Gasteiger partial charge in [0.25, 0.3) is 5.91 Å². The third-order valence-corrected chi connectivity index (χ3v) is 4.51. The second-order valence-corrected chi connectivity index (χ2v) is 7.36. The average Bonchev–Trinajstić information content (AvgIpc) is 2.80. The lowest BCUT2D eigenvalue weighted by atomic mass is 10.0. The molecule has 0 atom stereocenters. The molecule has 0 spiro atoms. The van der Waals surface area contributed by atoms with Crippen molar-refractivity contribution in [3.63, 3.8) is 0 Å². The molecule has 0 aliphatic heterocycles. The normalized spacial score (nSPS) is 10.5. The Morgan fingerprint density at radius 1 is 1.00 bits per heavy atom. The third kappa shape index (κ3) is 7.92. The molecule has 0 saturated carbocycles. The molecule has 170 valence electrons. The highest BCUT2D eigenvalue weighted by molar-refractivity contribution is 7.80. The van der Waals surface area contributed by atoms with E-state index >= 15 is 0 Å². The lowest BCUT2D eigenvalue weighted by molar-refractivity contribution is -0.123. The van der Waals surface area contributed by atoms with Gasteiger partial charge in [-0.05, 0) is 59.6 Å². The van der Waals surface area contributed by atoms with Crippen molar-refractivity contribution in [2.45, 2.75) is 19.8 Å². The van der Waals surface area contributed by atoms with Gasteiger partial charge in [0.1, 0.15) is 5.75 Å². The van der Waals surface area contributed by atoms with Crippen molar-refractivity contribution in [2.24, 2.45) is 0 Å².